The number of esters is 1. The molecule has 0 spiro atoms. The first kappa shape index (κ1) is 12.6. The molecule has 0 aromatic rings. The Morgan fingerprint density at radius 1 is 1.44 bits per heavy atom. The van der Waals surface area contributed by atoms with E-state index in [1.807, 2.05) is 0 Å². The van der Waals surface area contributed by atoms with Crippen molar-refractivity contribution in [3.63, 3.8) is 0 Å². The van der Waals surface area contributed by atoms with Crippen LogP contribution in [0.2, 0.25) is 0 Å². The fourth-order valence-corrected chi connectivity index (χ4v) is 2.95. The molecule has 4 nitrogen and oxygen atoms in total. The number of ether oxygens (including phenoxy) is 1. The van der Waals surface area contributed by atoms with Gasteiger partial charge in [-0.2, -0.15) is 0 Å². The van der Waals surface area contributed by atoms with Crippen molar-refractivity contribution in [1.29, 1.82) is 0 Å². The molecule has 4 atom stereocenters. The zero-order valence-electron chi connectivity index (χ0n) is 10.1. The van der Waals surface area contributed by atoms with E-state index in [0.29, 0.717) is 5.57 Å². The van der Waals surface area contributed by atoms with E-state index in [0.717, 1.165) is 12.8 Å². The van der Waals surface area contributed by atoms with Crippen LogP contribution < -0.4 is 0 Å². The summed E-state index contributed by atoms with van der Waals surface area (Å²) in [7, 11) is 0. The molecule has 96 valence electrons. The fourth-order valence-electron chi connectivity index (χ4n) is 2.95. The Hall–Kier alpha value is -1.84. The Morgan fingerprint density at radius 3 is 2.67 bits per heavy atom. The van der Waals surface area contributed by atoms with Crippen LogP contribution in [-0.4, -0.2) is 23.1 Å². The number of hydrogen-bond donors (Lipinski definition) is 1. The molecular formula is C14H16O4. The number of carboxylic acid groups (broad SMARTS) is 1. The number of fused-ring (bicyclic) bond motifs is 1. The van der Waals surface area contributed by atoms with Gasteiger partial charge in [0.05, 0.1) is 0 Å². The van der Waals surface area contributed by atoms with Crippen molar-refractivity contribution in [3.05, 3.63) is 37.0 Å². The molecule has 1 aliphatic heterocycles. The van der Waals surface area contributed by atoms with Gasteiger partial charge in [0, 0.05) is 23.0 Å². The van der Waals surface area contributed by atoms with Gasteiger partial charge in [-0.3, -0.25) is 0 Å². The number of hydrogen-bond acceptors (Lipinski definition) is 3. The van der Waals surface area contributed by atoms with Crippen molar-refractivity contribution in [2.45, 2.75) is 18.9 Å². The second-order valence-corrected chi connectivity index (χ2v) is 4.83. The van der Waals surface area contributed by atoms with E-state index in [4.69, 9.17) is 9.84 Å². The van der Waals surface area contributed by atoms with Gasteiger partial charge in [0.1, 0.15) is 6.10 Å². The van der Waals surface area contributed by atoms with Crippen LogP contribution in [-0.2, 0) is 14.3 Å². The van der Waals surface area contributed by atoms with Crippen LogP contribution in [0.5, 0.6) is 0 Å². The van der Waals surface area contributed by atoms with Crippen molar-refractivity contribution < 1.29 is 19.4 Å². The minimum absolute atomic E-state index is 0.0199. The molecule has 1 N–H and O–H groups in total. The molecule has 4 heteroatoms. The summed E-state index contributed by atoms with van der Waals surface area (Å²) in [6, 6.07) is 0. The number of allylic oxidation sites excluding steroid dienone is 1. The van der Waals surface area contributed by atoms with Crippen LogP contribution in [0, 0.1) is 17.8 Å². The highest BCUT2D eigenvalue weighted by molar-refractivity contribution is 5.92. The summed E-state index contributed by atoms with van der Waals surface area (Å²) in [5, 5.41) is 9.10. The minimum atomic E-state index is -1.05. The highest BCUT2D eigenvalue weighted by atomic mass is 16.6. The maximum atomic E-state index is 11.5. The molecule has 2 fully saturated rings. The molecule has 0 unspecified atom stereocenters. The minimum Gasteiger partial charge on any atom is -0.478 e. The molecular weight excluding hydrogens is 232 g/mol. The van der Waals surface area contributed by atoms with E-state index in [1.54, 1.807) is 6.08 Å². The number of aliphatic carboxylic acids is 1. The molecule has 0 aromatic heterocycles. The Balaban J connectivity index is 2.34. The lowest BCUT2D eigenvalue weighted by molar-refractivity contribution is -0.144. The van der Waals surface area contributed by atoms with Gasteiger partial charge in [-0.15, -0.1) is 6.58 Å². The van der Waals surface area contributed by atoms with Crippen LogP contribution in [0.3, 0.4) is 0 Å². The normalized spacial score (nSPS) is 34.7. The lowest BCUT2D eigenvalue weighted by Crippen LogP contribution is -2.39. The van der Waals surface area contributed by atoms with Gasteiger partial charge >= 0.3 is 11.9 Å². The van der Waals surface area contributed by atoms with Gasteiger partial charge in [-0.25, -0.2) is 9.59 Å². The molecule has 1 heterocycles. The molecule has 0 bridgehead atoms. The standard InChI is InChI=1S/C14H16O4/c1-4-9-5-6-10-7(2)14(17)18-12(10)11(9)8(3)13(15)16/h4,9-12H,1-3,5-6H2,(H,15,16)/t9-,10+,11+,12+/m1/s1. The van der Waals surface area contributed by atoms with Crippen molar-refractivity contribution in [1.82, 2.24) is 0 Å². The third kappa shape index (κ3) is 1.78. The molecule has 18 heavy (non-hydrogen) atoms. The van der Waals surface area contributed by atoms with Gasteiger partial charge in [-0.1, -0.05) is 19.2 Å². The summed E-state index contributed by atoms with van der Waals surface area (Å²) in [4.78, 5) is 22.7. The average molecular weight is 248 g/mol. The number of carbonyl (C=O) groups is 2. The van der Waals surface area contributed by atoms with Gasteiger partial charge in [-0.05, 0) is 18.8 Å². The summed E-state index contributed by atoms with van der Waals surface area (Å²) in [5.41, 5.74) is 0.530. The van der Waals surface area contributed by atoms with Gasteiger partial charge < -0.3 is 9.84 Å². The second kappa shape index (κ2) is 4.44. The molecule has 1 saturated heterocycles. The predicted molar refractivity (Wildman–Crippen MR) is 65.7 cm³/mol. The summed E-state index contributed by atoms with van der Waals surface area (Å²) in [6.45, 7) is 11.1. The van der Waals surface area contributed by atoms with Crippen molar-refractivity contribution >= 4 is 11.9 Å². The van der Waals surface area contributed by atoms with Gasteiger partial charge in [0.15, 0.2) is 0 Å². The summed E-state index contributed by atoms with van der Waals surface area (Å²) < 4.78 is 5.28. The summed E-state index contributed by atoms with van der Waals surface area (Å²) >= 11 is 0. The van der Waals surface area contributed by atoms with Crippen LogP contribution in [0.4, 0.5) is 0 Å². The summed E-state index contributed by atoms with van der Waals surface area (Å²) in [5.74, 6) is -1.98. The zero-order valence-corrected chi connectivity index (χ0v) is 10.1. The van der Waals surface area contributed by atoms with Crippen molar-refractivity contribution in [2.24, 2.45) is 17.8 Å². The first-order valence-corrected chi connectivity index (χ1v) is 5.91. The highest BCUT2D eigenvalue weighted by Gasteiger charge is 2.49. The maximum absolute atomic E-state index is 11.5. The Bertz CT molecular complexity index is 449. The fraction of sp³-hybridized carbons (Fsp3) is 0.429. The highest BCUT2D eigenvalue weighted by Crippen LogP contribution is 2.46. The maximum Gasteiger partial charge on any atom is 0.334 e. The lowest BCUT2D eigenvalue weighted by atomic mass is 9.68. The van der Waals surface area contributed by atoms with E-state index >= 15 is 0 Å². The molecule has 0 aromatic carbocycles. The molecule has 1 aliphatic carbocycles. The van der Waals surface area contributed by atoms with Crippen molar-refractivity contribution in [3.8, 4) is 0 Å². The topological polar surface area (TPSA) is 63.6 Å². The van der Waals surface area contributed by atoms with Gasteiger partial charge in [0.25, 0.3) is 0 Å². The zero-order chi connectivity index (χ0) is 13.4. The van der Waals surface area contributed by atoms with Crippen LogP contribution in [0.25, 0.3) is 0 Å². The number of carbonyl (C=O) groups excluding carboxylic acids is 1. The van der Waals surface area contributed by atoms with E-state index < -0.39 is 24.0 Å². The molecule has 2 aliphatic rings. The molecule has 2 rings (SSSR count). The number of rotatable bonds is 3. The Kier molecular flexibility index (Phi) is 3.11. The smallest absolute Gasteiger partial charge is 0.334 e. The molecule has 0 amide bonds. The first-order valence-electron chi connectivity index (χ1n) is 5.91. The second-order valence-electron chi connectivity index (χ2n) is 4.83. The van der Waals surface area contributed by atoms with Gasteiger partial charge in [0.2, 0.25) is 0 Å². The third-order valence-corrected chi connectivity index (χ3v) is 3.96. The Morgan fingerprint density at radius 2 is 2.11 bits per heavy atom. The molecule has 0 radical (unpaired) electrons. The largest absolute Gasteiger partial charge is 0.478 e. The average Bonchev–Trinajstić information content (AvgIpc) is 2.63. The predicted octanol–water partition coefficient (Wildman–Crippen LogP) is 1.94. The quantitative estimate of drug-likeness (QED) is 0.471. The SMILES string of the molecule is C=C[C@@H]1CC[C@H]2C(=C)C(=O)O[C@@H]2[C@H]1C(=C)C(=O)O. The van der Waals surface area contributed by atoms with Crippen LogP contribution in [0.1, 0.15) is 12.8 Å². The van der Waals surface area contributed by atoms with E-state index in [-0.39, 0.29) is 17.4 Å². The van der Waals surface area contributed by atoms with Crippen LogP contribution >= 0.6 is 0 Å². The third-order valence-electron chi connectivity index (χ3n) is 3.96. The molecule has 1 saturated carbocycles. The van der Waals surface area contributed by atoms with Crippen molar-refractivity contribution in [2.75, 3.05) is 0 Å². The van der Waals surface area contributed by atoms with E-state index in [9.17, 15) is 9.59 Å². The van der Waals surface area contributed by atoms with E-state index in [2.05, 4.69) is 19.7 Å². The van der Waals surface area contributed by atoms with Crippen LogP contribution in [0.15, 0.2) is 37.0 Å². The lowest BCUT2D eigenvalue weighted by Gasteiger charge is -2.37. The monoisotopic (exact) mass is 248 g/mol. The van der Waals surface area contributed by atoms with E-state index in [1.165, 1.54) is 0 Å². The first-order chi connectivity index (χ1) is 8.47. The summed E-state index contributed by atoms with van der Waals surface area (Å²) in [6.07, 6.45) is 2.82. The number of carboxylic acids is 1. The Labute approximate surface area is 106 Å².